The highest BCUT2D eigenvalue weighted by atomic mass is 28.4. The average Bonchev–Trinajstić information content (AvgIpc) is 2.47. The summed E-state index contributed by atoms with van der Waals surface area (Å²) in [6, 6.07) is 0. The van der Waals surface area contributed by atoms with Crippen molar-refractivity contribution in [2.45, 2.75) is 98.2 Å². The van der Waals surface area contributed by atoms with E-state index < -0.39 is 8.32 Å². The molecular weight excluding hydrogens is 300 g/mol. The van der Waals surface area contributed by atoms with Crippen LogP contribution in [0.1, 0.15) is 81.6 Å². The molecule has 0 radical (unpaired) electrons. The monoisotopic (exact) mass is 340 g/mol. The quantitative estimate of drug-likeness (QED) is 0.237. The first-order chi connectivity index (χ1) is 10.6. The van der Waals surface area contributed by atoms with Crippen molar-refractivity contribution in [3.8, 4) is 0 Å². The van der Waals surface area contributed by atoms with Gasteiger partial charge in [-0.2, -0.15) is 0 Å². The maximum atomic E-state index is 11.6. The second kappa shape index (κ2) is 9.66. The highest BCUT2D eigenvalue weighted by Gasteiger charge is 2.46. The number of aldehydes is 1. The molecule has 2 atom stereocenters. The molecule has 0 rings (SSSR count). The predicted molar refractivity (Wildman–Crippen MR) is 104 cm³/mol. The van der Waals surface area contributed by atoms with E-state index in [1.807, 2.05) is 6.26 Å². The van der Waals surface area contributed by atoms with Gasteiger partial charge in [0.25, 0.3) is 8.32 Å². The maximum absolute atomic E-state index is 11.6. The summed E-state index contributed by atoms with van der Waals surface area (Å²) in [5.74, 6) is 0.199. The molecule has 23 heavy (non-hydrogen) atoms. The zero-order valence-electron chi connectivity index (χ0n) is 17.0. The molecule has 0 amide bonds. The minimum absolute atomic E-state index is 0.199. The molecule has 0 aromatic rings. The van der Waals surface area contributed by atoms with Crippen LogP contribution in [-0.2, 0) is 9.22 Å². The van der Waals surface area contributed by atoms with Gasteiger partial charge in [0.2, 0.25) is 0 Å². The highest BCUT2D eigenvalue weighted by Crippen LogP contribution is 2.42. The Balaban J connectivity index is 5.16. The third-order valence-corrected chi connectivity index (χ3v) is 11.7. The molecule has 0 fully saturated rings. The highest BCUT2D eigenvalue weighted by molar-refractivity contribution is 6.77. The summed E-state index contributed by atoms with van der Waals surface area (Å²) < 4.78 is 6.47. The Morgan fingerprint density at radius 3 is 1.83 bits per heavy atom. The summed E-state index contributed by atoms with van der Waals surface area (Å²) in [5, 5.41) is 0. The summed E-state index contributed by atoms with van der Waals surface area (Å²) in [6.07, 6.45) is 8.33. The van der Waals surface area contributed by atoms with Crippen molar-refractivity contribution in [1.82, 2.24) is 0 Å². The number of carbonyl (C=O) groups is 1. The van der Waals surface area contributed by atoms with Crippen molar-refractivity contribution in [2.24, 2.45) is 11.3 Å². The second-order valence-electron chi connectivity index (χ2n) is 8.28. The summed E-state index contributed by atoms with van der Waals surface area (Å²) in [5.41, 5.74) is 1.42. The Kier molecular flexibility index (Phi) is 9.42. The number of rotatable bonds is 11. The van der Waals surface area contributed by atoms with Crippen LogP contribution in [0.3, 0.4) is 0 Å². The van der Waals surface area contributed by atoms with Crippen molar-refractivity contribution < 1.29 is 9.22 Å². The Hall–Kier alpha value is -0.573. The van der Waals surface area contributed by atoms with Gasteiger partial charge in [0.1, 0.15) is 6.29 Å². The Morgan fingerprint density at radius 1 is 1.00 bits per heavy atom. The molecule has 0 unspecified atom stereocenters. The van der Waals surface area contributed by atoms with Gasteiger partial charge < -0.3 is 9.22 Å². The molecule has 0 heterocycles. The Labute approximate surface area is 146 Å². The smallest absolute Gasteiger partial charge is 0.257 e. The van der Waals surface area contributed by atoms with Crippen LogP contribution < -0.4 is 0 Å². The largest absolute Gasteiger partial charge is 0.548 e. The maximum Gasteiger partial charge on any atom is 0.257 e. The van der Waals surface area contributed by atoms with Gasteiger partial charge in [-0.3, -0.25) is 0 Å². The van der Waals surface area contributed by atoms with Gasteiger partial charge in [-0.05, 0) is 35.0 Å². The summed E-state index contributed by atoms with van der Waals surface area (Å²) in [7, 11) is -1.86. The fourth-order valence-electron chi connectivity index (χ4n) is 3.85. The molecule has 0 aromatic carbocycles. The van der Waals surface area contributed by atoms with Crippen LogP contribution in [0.5, 0.6) is 0 Å². The van der Waals surface area contributed by atoms with Crippen molar-refractivity contribution in [3.63, 3.8) is 0 Å². The molecule has 0 spiro atoms. The molecule has 0 aliphatic carbocycles. The topological polar surface area (TPSA) is 26.3 Å². The van der Waals surface area contributed by atoms with Gasteiger partial charge in [0.15, 0.2) is 0 Å². The first-order valence-corrected chi connectivity index (χ1v) is 11.5. The van der Waals surface area contributed by atoms with Crippen molar-refractivity contribution in [2.75, 3.05) is 0 Å². The first-order valence-electron chi connectivity index (χ1n) is 9.39. The fraction of sp³-hybridized carbons (Fsp3) is 0.850. The van der Waals surface area contributed by atoms with Crippen LogP contribution in [-0.4, -0.2) is 14.6 Å². The van der Waals surface area contributed by atoms with Gasteiger partial charge in [0, 0.05) is 5.41 Å². The molecule has 0 N–H and O–H groups in total. The molecule has 0 saturated heterocycles. The standard InChI is InChI=1S/C20H40O2Si/c1-10-11-13-20(9,15-21)19(8)12-14-22-23(16(2)3,17(4)5)18(6)7/h12,14-19H,10-11,13H2,1-9H3/b14-12+/t19-,20+/m0/s1. The van der Waals surface area contributed by atoms with Gasteiger partial charge in [-0.1, -0.05) is 75.2 Å². The van der Waals surface area contributed by atoms with Crippen LogP contribution in [0.25, 0.3) is 0 Å². The summed E-state index contributed by atoms with van der Waals surface area (Å²) in [4.78, 5) is 11.6. The van der Waals surface area contributed by atoms with Crippen LogP contribution in [0.4, 0.5) is 0 Å². The number of hydrogen-bond donors (Lipinski definition) is 0. The molecular formula is C20H40O2Si. The molecule has 2 nitrogen and oxygen atoms in total. The van der Waals surface area contributed by atoms with Crippen LogP contribution in [0.15, 0.2) is 12.3 Å². The van der Waals surface area contributed by atoms with Crippen molar-refractivity contribution in [1.29, 1.82) is 0 Å². The Bertz CT molecular complexity index is 352. The molecule has 136 valence electrons. The first kappa shape index (κ1) is 22.4. The third-order valence-electron chi connectivity index (χ3n) is 5.72. The van der Waals surface area contributed by atoms with E-state index in [0.29, 0.717) is 16.6 Å². The van der Waals surface area contributed by atoms with Gasteiger partial charge in [0.05, 0.1) is 6.26 Å². The molecule has 3 heteroatoms. The molecule has 0 bridgehead atoms. The normalized spacial score (nSPS) is 17.0. The minimum atomic E-state index is -1.86. The molecule has 0 saturated carbocycles. The fourth-order valence-corrected chi connectivity index (χ4v) is 8.99. The van der Waals surface area contributed by atoms with Crippen molar-refractivity contribution in [3.05, 3.63) is 12.3 Å². The lowest BCUT2D eigenvalue weighted by Gasteiger charge is -2.41. The lowest BCUT2D eigenvalue weighted by molar-refractivity contribution is -0.117. The predicted octanol–water partition coefficient (Wildman–Crippen LogP) is 6.72. The van der Waals surface area contributed by atoms with E-state index in [1.165, 1.54) is 0 Å². The van der Waals surface area contributed by atoms with Gasteiger partial charge in [-0.15, -0.1) is 0 Å². The minimum Gasteiger partial charge on any atom is -0.548 e. The van der Waals surface area contributed by atoms with E-state index in [2.05, 4.69) is 68.4 Å². The second-order valence-corrected chi connectivity index (χ2v) is 13.7. The van der Waals surface area contributed by atoms with E-state index in [0.717, 1.165) is 25.5 Å². The summed E-state index contributed by atoms with van der Waals surface area (Å²) in [6.45, 7) is 20.1. The average molecular weight is 341 g/mol. The van der Waals surface area contributed by atoms with E-state index in [-0.39, 0.29) is 11.3 Å². The number of allylic oxidation sites excluding steroid dienone is 1. The lowest BCUT2D eigenvalue weighted by atomic mass is 9.75. The third kappa shape index (κ3) is 5.48. The molecule has 0 aromatic heterocycles. The van der Waals surface area contributed by atoms with Crippen LogP contribution in [0, 0.1) is 11.3 Å². The van der Waals surface area contributed by atoms with E-state index in [1.54, 1.807) is 0 Å². The zero-order chi connectivity index (χ0) is 18.3. The summed E-state index contributed by atoms with van der Waals surface area (Å²) >= 11 is 0. The zero-order valence-corrected chi connectivity index (χ0v) is 18.0. The van der Waals surface area contributed by atoms with Crippen LogP contribution in [0.2, 0.25) is 16.6 Å². The van der Waals surface area contributed by atoms with Gasteiger partial charge >= 0.3 is 0 Å². The Morgan fingerprint density at radius 2 is 1.48 bits per heavy atom. The van der Waals surface area contributed by atoms with E-state index in [9.17, 15) is 4.79 Å². The number of carbonyl (C=O) groups excluding carboxylic acids is 1. The van der Waals surface area contributed by atoms with Gasteiger partial charge in [-0.25, -0.2) is 0 Å². The van der Waals surface area contributed by atoms with E-state index >= 15 is 0 Å². The number of unbranched alkanes of at least 4 members (excludes halogenated alkanes) is 1. The molecule has 0 aliphatic heterocycles. The number of hydrogen-bond acceptors (Lipinski definition) is 2. The molecule has 0 aliphatic rings. The van der Waals surface area contributed by atoms with E-state index in [4.69, 9.17) is 4.43 Å². The SMILES string of the molecule is CCCC[C@](C)(C=O)[C@@H](C)/C=C/O[Si](C(C)C)(C(C)C)C(C)C. The van der Waals surface area contributed by atoms with Crippen LogP contribution >= 0.6 is 0 Å². The lowest BCUT2D eigenvalue weighted by Crippen LogP contribution is -2.46. The van der Waals surface area contributed by atoms with Crippen molar-refractivity contribution >= 4 is 14.6 Å².